The highest BCUT2D eigenvalue weighted by atomic mass is 35.5. The minimum atomic E-state index is -0.862. The van der Waals surface area contributed by atoms with E-state index in [9.17, 15) is 14.4 Å². The summed E-state index contributed by atoms with van der Waals surface area (Å²) in [6.07, 6.45) is 1.40. The Morgan fingerprint density at radius 1 is 1.24 bits per heavy atom. The highest BCUT2D eigenvalue weighted by molar-refractivity contribution is 6.34. The molecule has 0 unspecified atom stereocenters. The summed E-state index contributed by atoms with van der Waals surface area (Å²) in [6, 6.07) is 4.42. The number of carboxylic acid groups (broad SMARTS) is 1. The molecule has 0 spiro atoms. The van der Waals surface area contributed by atoms with E-state index in [0.717, 1.165) is 0 Å². The molecule has 0 bridgehead atoms. The standard InChI is InChI=1S/C14H15ClN2O4/c15-11-6-9(3-4-10(11)12(16)18)17-13(19)7-1-2-8(5-7)14(20)21/h3-4,6-8H,1-2,5H2,(H2,16,18)(H,17,19)(H,20,21)/t7-,8+/m1/s1. The van der Waals surface area contributed by atoms with Gasteiger partial charge in [-0.15, -0.1) is 0 Å². The third kappa shape index (κ3) is 3.52. The average Bonchev–Trinajstić information content (AvgIpc) is 2.88. The fourth-order valence-electron chi connectivity index (χ4n) is 2.48. The maximum atomic E-state index is 12.1. The number of aliphatic carboxylic acids is 1. The lowest BCUT2D eigenvalue weighted by molar-refractivity contribution is -0.141. The predicted molar refractivity (Wildman–Crippen MR) is 77.1 cm³/mol. The lowest BCUT2D eigenvalue weighted by atomic mass is 10.0. The molecule has 0 radical (unpaired) electrons. The van der Waals surface area contributed by atoms with Crippen LogP contribution in [0.2, 0.25) is 5.02 Å². The molecule has 0 aromatic heterocycles. The summed E-state index contributed by atoms with van der Waals surface area (Å²) >= 11 is 5.90. The van der Waals surface area contributed by atoms with Gasteiger partial charge < -0.3 is 16.2 Å². The van der Waals surface area contributed by atoms with Gasteiger partial charge in [0.2, 0.25) is 11.8 Å². The van der Waals surface area contributed by atoms with E-state index in [2.05, 4.69) is 5.32 Å². The Labute approximate surface area is 126 Å². The van der Waals surface area contributed by atoms with Gasteiger partial charge >= 0.3 is 5.97 Å². The van der Waals surface area contributed by atoms with Crippen molar-refractivity contribution in [2.75, 3.05) is 5.32 Å². The van der Waals surface area contributed by atoms with Gasteiger partial charge in [-0.25, -0.2) is 0 Å². The van der Waals surface area contributed by atoms with Crippen LogP contribution >= 0.6 is 11.6 Å². The van der Waals surface area contributed by atoms with Crippen LogP contribution in [0, 0.1) is 11.8 Å². The van der Waals surface area contributed by atoms with Crippen molar-refractivity contribution in [2.24, 2.45) is 17.6 Å². The molecular formula is C14H15ClN2O4. The minimum Gasteiger partial charge on any atom is -0.481 e. The van der Waals surface area contributed by atoms with E-state index >= 15 is 0 Å². The van der Waals surface area contributed by atoms with Crippen LogP contribution in [0.25, 0.3) is 0 Å². The number of rotatable bonds is 4. The summed E-state index contributed by atoms with van der Waals surface area (Å²) < 4.78 is 0. The number of nitrogens with one attached hydrogen (secondary N) is 1. The largest absolute Gasteiger partial charge is 0.481 e. The van der Waals surface area contributed by atoms with E-state index in [-0.39, 0.29) is 22.4 Å². The van der Waals surface area contributed by atoms with E-state index in [1.807, 2.05) is 0 Å². The van der Waals surface area contributed by atoms with Crippen molar-refractivity contribution in [3.05, 3.63) is 28.8 Å². The van der Waals surface area contributed by atoms with Crippen LogP contribution in [0.15, 0.2) is 18.2 Å². The number of carboxylic acids is 1. The van der Waals surface area contributed by atoms with Crippen LogP contribution < -0.4 is 11.1 Å². The molecule has 112 valence electrons. The molecule has 1 aliphatic carbocycles. The minimum absolute atomic E-state index is 0.162. The van der Waals surface area contributed by atoms with Crippen LogP contribution in [-0.4, -0.2) is 22.9 Å². The number of primary amides is 1. The van der Waals surface area contributed by atoms with Gasteiger partial charge in [-0.3, -0.25) is 14.4 Å². The number of carbonyl (C=O) groups excluding carboxylic acids is 2. The summed E-state index contributed by atoms with van der Waals surface area (Å²) in [6.45, 7) is 0. The van der Waals surface area contributed by atoms with E-state index in [0.29, 0.717) is 24.9 Å². The Hall–Kier alpha value is -2.08. The number of nitrogens with two attached hydrogens (primary N) is 1. The number of halogens is 1. The lowest BCUT2D eigenvalue weighted by Crippen LogP contribution is -2.22. The molecule has 2 amide bonds. The van der Waals surface area contributed by atoms with Gasteiger partial charge in [0.25, 0.3) is 0 Å². The van der Waals surface area contributed by atoms with Crippen molar-refractivity contribution in [2.45, 2.75) is 19.3 Å². The number of amides is 2. The normalized spacial score (nSPS) is 21.0. The Morgan fingerprint density at radius 2 is 1.90 bits per heavy atom. The third-order valence-electron chi connectivity index (χ3n) is 3.65. The molecule has 21 heavy (non-hydrogen) atoms. The summed E-state index contributed by atoms with van der Waals surface area (Å²) in [5.41, 5.74) is 5.78. The molecule has 0 saturated heterocycles. The second-order valence-electron chi connectivity index (χ2n) is 5.09. The van der Waals surface area contributed by atoms with Gasteiger partial charge in [0.1, 0.15) is 0 Å². The molecule has 1 aromatic rings. The number of benzene rings is 1. The van der Waals surface area contributed by atoms with Crippen LogP contribution in [-0.2, 0) is 9.59 Å². The highest BCUT2D eigenvalue weighted by Gasteiger charge is 2.33. The first kappa shape index (κ1) is 15.3. The fourth-order valence-corrected chi connectivity index (χ4v) is 2.75. The zero-order valence-electron chi connectivity index (χ0n) is 11.1. The number of hydrogen-bond donors (Lipinski definition) is 3. The molecule has 1 fully saturated rings. The Morgan fingerprint density at radius 3 is 2.43 bits per heavy atom. The highest BCUT2D eigenvalue weighted by Crippen LogP contribution is 2.32. The molecule has 4 N–H and O–H groups in total. The molecule has 0 heterocycles. The Balaban J connectivity index is 2.02. The Bertz CT molecular complexity index is 603. The fraction of sp³-hybridized carbons (Fsp3) is 0.357. The maximum absolute atomic E-state index is 12.1. The molecule has 7 heteroatoms. The van der Waals surface area contributed by atoms with E-state index in [1.54, 1.807) is 0 Å². The van der Waals surface area contributed by atoms with Crippen LogP contribution in [0.1, 0.15) is 29.6 Å². The summed E-state index contributed by atoms with van der Waals surface area (Å²) in [4.78, 5) is 34.0. The van der Waals surface area contributed by atoms with Gasteiger partial charge in [0.05, 0.1) is 16.5 Å². The number of carbonyl (C=O) groups is 3. The molecule has 0 aliphatic heterocycles. The maximum Gasteiger partial charge on any atom is 0.306 e. The van der Waals surface area contributed by atoms with Crippen LogP contribution in [0.5, 0.6) is 0 Å². The van der Waals surface area contributed by atoms with Crippen molar-refractivity contribution in [3.63, 3.8) is 0 Å². The van der Waals surface area contributed by atoms with Gasteiger partial charge in [0, 0.05) is 11.6 Å². The second-order valence-corrected chi connectivity index (χ2v) is 5.50. The van der Waals surface area contributed by atoms with Crippen molar-refractivity contribution >= 4 is 35.1 Å². The van der Waals surface area contributed by atoms with Crippen LogP contribution in [0.3, 0.4) is 0 Å². The SMILES string of the molecule is NC(=O)c1ccc(NC(=O)[C@@H]2CC[C@H](C(=O)O)C2)cc1Cl. The molecule has 1 saturated carbocycles. The van der Waals surface area contributed by atoms with Crippen LogP contribution in [0.4, 0.5) is 5.69 Å². The topological polar surface area (TPSA) is 109 Å². The Kier molecular flexibility index (Phi) is 4.47. The monoisotopic (exact) mass is 310 g/mol. The molecule has 1 aromatic carbocycles. The number of anilines is 1. The summed E-state index contributed by atoms with van der Waals surface area (Å²) in [5.74, 6) is -2.51. The first-order valence-electron chi connectivity index (χ1n) is 6.51. The third-order valence-corrected chi connectivity index (χ3v) is 3.97. The van der Waals surface area contributed by atoms with Crippen molar-refractivity contribution < 1.29 is 19.5 Å². The second kappa shape index (κ2) is 6.13. The van der Waals surface area contributed by atoms with Crippen molar-refractivity contribution in [1.29, 1.82) is 0 Å². The van der Waals surface area contributed by atoms with Crippen molar-refractivity contribution in [1.82, 2.24) is 0 Å². The van der Waals surface area contributed by atoms with Gasteiger partial charge in [-0.2, -0.15) is 0 Å². The molecular weight excluding hydrogens is 296 g/mol. The average molecular weight is 311 g/mol. The van der Waals surface area contributed by atoms with Gasteiger partial charge in [0.15, 0.2) is 0 Å². The summed E-state index contributed by atoms with van der Waals surface area (Å²) in [5, 5.41) is 11.8. The molecule has 2 rings (SSSR count). The first-order chi connectivity index (χ1) is 9.88. The first-order valence-corrected chi connectivity index (χ1v) is 6.89. The van der Waals surface area contributed by atoms with Gasteiger partial charge in [-0.1, -0.05) is 11.6 Å². The smallest absolute Gasteiger partial charge is 0.306 e. The van der Waals surface area contributed by atoms with E-state index in [1.165, 1.54) is 18.2 Å². The zero-order chi connectivity index (χ0) is 15.6. The predicted octanol–water partition coefficient (Wildman–Crippen LogP) is 1.88. The number of hydrogen-bond acceptors (Lipinski definition) is 3. The van der Waals surface area contributed by atoms with Gasteiger partial charge in [-0.05, 0) is 37.5 Å². The van der Waals surface area contributed by atoms with E-state index in [4.69, 9.17) is 22.4 Å². The molecule has 6 nitrogen and oxygen atoms in total. The molecule has 2 atom stereocenters. The zero-order valence-corrected chi connectivity index (χ0v) is 11.9. The summed E-state index contributed by atoms with van der Waals surface area (Å²) in [7, 11) is 0. The van der Waals surface area contributed by atoms with E-state index < -0.39 is 17.8 Å². The lowest BCUT2D eigenvalue weighted by Gasteiger charge is -2.11. The molecule has 1 aliphatic rings. The quantitative estimate of drug-likeness (QED) is 0.788. The van der Waals surface area contributed by atoms with Crippen molar-refractivity contribution in [3.8, 4) is 0 Å².